The van der Waals surface area contributed by atoms with Crippen molar-refractivity contribution >= 4 is 11.9 Å². The molecule has 1 aliphatic rings. The standard InChI is InChI=1S/C14H22N4O3/c1-13(2)5-8(6-14(3,4)18-13)17-11(19)9-10(12(20)21)16-7-15-9/h7-8,18H,5-6H2,1-4H3,(H,15,16)(H,17,19)(H,20,21). The number of carbonyl (C=O) groups is 2. The lowest BCUT2D eigenvalue weighted by molar-refractivity contribution is -0.787. The third kappa shape index (κ3) is 3.60. The number of piperidine rings is 1. The predicted molar refractivity (Wildman–Crippen MR) is 73.5 cm³/mol. The molecule has 0 unspecified atom stereocenters. The Morgan fingerprint density at radius 2 is 1.90 bits per heavy atom. The van der Waals surface area contributed by atoms with Crippen molar-refractivity contribution in [3.05, 3.63) is 17.7 Å². The Labute approximate surface area is 123 Å². The highest BCUT2D eigenvalue weighted by Gasteiger charge is 2.42. The van der Waals surface area contributed by atoms with Gasteiger partial charge < -0.3 is 25.5 Å². The van der Waals surface area contributed by atoms with Crippen LogP contribution in [-0.4, -0.2) is 39.0 Å². The van der Waals surface area contributed by atoms with E-state index in [-0.39, 0.29) is 28.5 Å². The maximum Gasteiger partial charge on any atom is 0.272 e. The first-order valence-corrected chi connectivity index (χ1v) is 7.02. The Bertz CT molecular complexity index is 546. The van der Waals surface area contributed by atoms with Crippen LogP contribution in [-0.2, 0) is 0 Å². The molecule has 0 spiro atoms. The van der Waals surface area contributed by atoms with E-state index in [1.807, 2.05) is 0 Å². The molecule has 0 bridgehead atoms. The fraction of sp³-hybridized carbons (Fsp3) is 0.643. The number of rotatable bonds is 3. The molecule has 0 radical (unpaired) electrons. The fourth-order valence-corrected chi connectivity index (χ4v) is 3.50. The number of nitrogens with zero attached hydrogens (tertiary/aromatic N) is 1. The van der Waals surface area contributed by atoms with Crippen molar-refractivity contribution in [1.29, 1.82) is 0 Å². The van der Waals surface area contributed by atoms with Crippen molar-refractivity contribution < 1.29 is 20.0 Å². The number of aromatic nitrogens is 2. The number of amides is 1. The second-order valence-electron chi connectivity index (χ2n) is 7.11. The Kier molecular flexibility index (Phi) is 3.79. The van der Waals surface area contributed by atoms with Crippen LogP contribution in [0.4, 0.5) is 0 Å². The second-order valence-corrected chi connectivity index (χ2v) is 7.11. The first-order chi connectivity index (χ1) is 9.60. The number of nitrogens with one attached hydrogen (secondary N) is 2. The highest BCUT2D eigenvalue weighted by molar-refractivity contribution is 6.01. The number of carbonyl (C=O) groups excluding carboxylic acids is 2. The molecule has 4 N–H and O–H groups in total. The SMILES string of the molecule is CC1(C)CC(NC(=O)c2nc[nH]c2C(=O)[O-])CC(C)(C)[NH2+]1. The average Bonchev–Trinajstić information content (AvgIpc) is 2.72. The van der Waals surface area contributed by atoms with Gasteiger partial charge in [0.25, 0.3) is 5.91 Å². The molecule has 0 aromatic carbocycles. The maximum absolute atomic E-state index is 12.2. The number of hydrogen-bond acceptors (Lipinski definition) is 4. The predicted octanol–water partition coefficient (Wildman–Crippen LogP) is -1.21. The van der Waals surface area contributed by atoms with E-state index >= 15 is 0 Å². The van der Waals surface area contributed by atoms with Gasteiger partial charge in [-0.05, 0) is 27.7 Å². The molecule has 116 valence electrons. The van der Waals surface area contributed by atoms with Gasteiger partial charge in [-0.25, -0.2) is 4.98 Å². The van der Waals surface area contributed by atoms with Gasteiger partial charge >= 0.3 is 0 Å². The van der Waals surface area contributed by atoms with Crippen molar-refractivity contribution in [3.63, 3.8) is 0 Å². The smallest absolute Gasteiger partial charge is 0.272 e. The highest BCUT2D eigenvalue weighted by atomic mass is 16.4. The third-order valence-corrected chi connectivity index (χ3v) is 3.72. The minimum atomic E-state index is -1.43. The number of H-pyrrole nitrogens is 1. The molecule has 2 rings (SSSR count). The monoisotopic (exact) mass is 294 g/mol. The number of aromatic amines is 1. The summed E-state index contributed by atoms with van der Waals surface area (Å²) < 4.78 is 0. The number of quaternary nitrogens is 1. The summed E-state index contributed by atoms with van der Waals surface area (Å²) in [6.45, 7) is 8.53. The van der Waals surface area contributed by atoms with Crippen LogP contribution >= 0.6 is 0 Å². The van der Waals surface area contributed by atoms with Gasteiger partial charge in [0, 0.05) is 18.9 Å². The molecule has 0 atom stereocenters. The van der Waals surface area contributed by atoms with Crippen molar-refractivity contribution in [2.24, 2.45) is 0 Å². The minimum Gasteiger partial charge on any atom is -0.543 e. The molecule has 7 heteroatoms. The van der Waals surface area contributed by atoms with Gasteiger partial charge in [0.05, 0.1) is 29.1 Å². The summed E-state index contributed by atoms with van der Waals surface area (Å²) >= 11 is 0. The Morgan fingerprint density at radius 1 is 1.33 bits per heavy atom. The summed E-state index contributed by atoms with van der Waals surface area (Å²) in [6.07, 6.45) is 2.81. The number of carboxylic acids is 1. The Balaban J connectivity index is 2.12. The normalized spacial score (nSPS) is 21.0. The zero-order valence-corrected chi connectivity index (χ0v) is 12.8. The van der Waals surface area contributed by atoms with Gasteiger partial charge in [-0.1, -0.05) is 0 Å². The number of nitrogens with two attached hydrogens (primary N) is 1. The molecular weight excluding hydrogens is 272 g/mol. The third-order valence-electron chi connectivity index (χ3n) is 3.72. The van der Waals surface area contributed by atoms with Gasteiger partial charge in [0.2, 0.25) is 0 Å². The number of carboxylic acid groups (broad SMARTS) is 1. The molecule has 1 aliphatic heterocycles. The van der Waals surface area contributed by atoms with Crippen molar-refractivity contribution in [1.82, 2.24) is 15.3 Å². The lowest BCUT2D eigenvalue weighted by Gasteiger charge is -2.43. The van der Waals surface area contributed by atoms with Crippen molar-refractivity contribution in [2.75, 3.05) is 0 Å². The number of hydrogen-bond donors (Lipinski definition) is 3. The summed E-state index contributed by atoms with van der Waals surface area (Å²) in [4.78, 5) is 29.3. The van der Waals surface area contributed by atoms with E-state index in [4.69, 9.17) is 0 Å². The minimum absolute atomic E-state index is 0.0150. The quantitative estimate of drug-likeness (QED) is 0.648. The summed E-state index contributed by atoms with van der Waals surface area (Å²) in [5, 5.41) is 16.1. The molecule has 1 fully saturated rings. The zero-order valence-electron chi connectivity index (χ0n) is 12.8. The summed E-state index contributed by atoms with van der Waals surface area (Å²) in [5.74, 6) is -1.91. The van der Waals surface area contributed by atoms with E-state index in [0.29, 0.717) is 0 Å². The first-order valence-electron chi connectivity index (χ1n) is 7.02. The largest absolute Gasteiger partial charge is 0.543 e. The van der Waals surface area contributed by atoms with E-state index < -0.39 is 11.9 Å². The van der Waals surface area contributed by atoms with Gasteiger partial charge in [0.15, 0.2) is 5.69 Å². The van der Waals surface area contributed by atoms with Gasteiger partial charge in [-0.2, -0.15) is 0 Å². The molecule has 1 saturated heterocycles. The molecule has 7 nitrogen and oxygen atoms in total. The van der Waals surface area contributed by atoms with Crippen LogP contribution in [0.2, 0.25) is 0 Å². The molecule has 1 aromatic heterocycles. The lowest BCUT2D eigenvalue weighted by atomic mass is 9.79. The summed E-state index contributed by atoms with van der Waals surface area (Å²) in [5.41, 5.74) is -0.376. The van der Waals surface area contributed by atoms with Gasteiger partial charge in [0.1, 0.15) is 0 Å². The zero-order chi connectivity index (χ0) is 15.8. The van der Waals surface area contributed by atoms with Crippen LogP contribution in [0.1, 0.15) is 61.5 Å². The Morgan fingerprint density at radius 3 is 2.43 bits per heavy atom. The van der Waals surface area contributed by atoms with Crippen molar-refractivity contribution in [3.8, 4) is 0 Å². The topological polar surface area (TPSA) is 115 Å². The van der Waals surface area contributed by atoms with Gasteiger partial charge in [-0.15, -0.1) is 0 Å². The fourth-order valence-electron chi connectivity index (χ4n) is 3.50. The van der Waals surface area contributed by atoms with E-state index in [1.165, 1.54) is 6.33 Å². The molecule has 0 saturated carbocycles. The van der Waals surface area contributed by atoms with Crippen LogP contribution in [0.15, 0.2) is 6.33 Å². The maximum atomic E-state index is 12.2. The van der Waals surface area contributed by atoms with E-state index in [1.54, 1.807) is 0 Å². The average molecular weight is 294 g/mol. The van der Waals surface area contributed by atoms with Crippen LogP contribution in [0.5, 0.6) is 0 Å². The summed E-state index contributed by atoms with van der Waals surface area (Å²) in [7, 11) is 0. The van der Waals surface area contributed by atoms with Crippen LogP contribution in [0, 0.1) is 0 Å². The first kappa shape index (κ1) is 15.5. The van der Waals surface area contributed by atoms with Crippen LogP contribution in [0.25, 0.3) is 0 Å². The molecule has 1 aromatic rings. The van der Waals surface area contributed by atoms with Crippen LogP contribution in [0.3, 0.4) is 0 Å². The highest BCUT2D eigenvalue weighted by Crippen LogP contribution is 2.22. The number of aromatic carboxylic acids is 1. The lowest BCUT2D eigenvalue weighted by Crippen LogP contribution is -3.06. The number of imidazole rings is 1. The molecule has 2 heterocycles. The van der Waals surface area contributed by atoms with Crippen molar-refractivity contribution in [2.45, 2.75) is 57.7 Å². The molecule has 1 amide bonds. The molecular formula is C14H22N4O3. The van der Waals surface area contributed by atoms with E-state index in [0.717, 1.165) is 12.8 Å². The van der Waals surface area contributed by atoms with E-state index in [9.17, 15) is 14.7 Å². The van der Waals surface area contributed by atoms with Crippen LogP contribution < -0.4 is 15.7 Å². The Hall–Kier alpha value is -1.89. The van der Waals surface area contributed by atoms with Gasteiger partial charge in [-0.3, -0.25) is 4.79 Å². The molecule has 21 heavy (non-hydrogen) atoms. The summed E-state index contributed by atoms with van der Waals surface area (Å²) in [6, 6.07) is -0.0150. The molecule has 0 aliphatic carbocycles. The van der Waals surface area contributed by atoms with E-state index in [2.05, 4.69) is 48.3 Å². The second kappa shape index (κ2) is 5.14.